The van der Waals surface area contributed by atoms with Gasteiger partial charge in [-0.3, -0.25) is 4.79 Å². The third-order valence-corrected chi connectivity index (χ3v) is 4.23. The van der Waals surface area contributed by atoms with Crippen molar-refractivity contribution in [2.24, 2.45) is 0 Å². The van der Waals surface area contributed by atoms with Crippen molar-refractivity contribution in [2.75, 3.05) is 24.9 Å². The van der Waals surface area contributed by atoms with Crippen LogP contribution in [-0.4, -0.2) is 26.2 Å². The van der Waals surface area contributed by atoms with E-state index < -0.39 is 6.04 Å². The third-order valence-electron chi connectivity index (χ3n) is 3.68. The van der Waals surface area contributed by atoms with Crippen LogP contribution in [0.1, 0.15) is 12.5 Å². The molecule has 0 heterocycles. The van der Waals surface area contributed by atoms with Crippen molar-refractivity contribution < 1.29 is 14.3 Å². The Bertz CT molecular complexity index is 781. The molecule has 1 amide bonds. The van der Waals surface area contributed by atoms with Crippen molar-refractivity contribution in [1.82, 2.24) is 0 Å². The molecule has 2 aromatic carbocycles. The SMILES string of the molecule is COc1cc(C)c(NC(C)C(=O)Nc2ccc(Cl)cc2Cl)cc1OC. The quantitative estimate of drug-likeness (QED) is 0.755. The summed E-state index contributed by atoms with van der Waals surface area (Å²) in [4.78, 5) is 12.4. The normalized spacial score (nSPS) is 11.6. The molecule has 0 radical (unpaired) electrons. The monoisotopic (exact) mass is 382 g/mol. The van der Waals surface area contributed by atoms with Gasteiger partial charge in [-0.15, -0.1) is 0 Å². The van der Waals surface area contributed by atoms with Gasteiger partial charge >= 0.3 is 0 Å². The lowest BCUT2D eigenvalue weighted by Crippen LogP contribution is -2.32. The Kier molecular flexibility index (Phi) is 6.39. The van der Waals surface area contributed by atoms with Crippen molar-refractivity contribution in [1.29, 1.82) is 0 Å². The van der Waals surface area contributed by atoms with Gasteiger partial charge < -0.3 is 20.1 Å². The van der Waals surface area contributed by atoms with E-state index in [4.69, 9.17) is 32.7 Å². The number of hydrogen-bond acceptors (Lipinski definition) is 4. The molecule has 1 unspecified atom stereocenters. The molecule has 2 aromatic rings. The van der Waals surface area contributed by atoms with Crippen molar-refractivity contribution in [3.63, 3.8) is 0 Å². The molecule has 5 nitrogen and oxygen atoms in total. The van der Waals surface area contributed by atoms with E-state index in [2.05, 4.69) is 10.6 Å². The highest BCUT2D eigenvalue weighted by molar-refractivity contribution is 6.36. The van der Waals surface area contributed by atoms with Gasteiger partial charge in [0, 0.05) is 16.8 Å². The molecular weight excluding hydrogens is 363 g/mol. The molecule has 2 N–H and O–H groups in total. The molecule has 0 saturated heterocycles. The lowest BCUT2D eigenvalue weighted by molar-refractivity contribution is -0.116. The highest BCUT2D eigenvalue weighted by Crippen LogP contribution is 2.33. The summed E-state index contributed by atoms with van der Waals surface area (Å²) < 4.78 is 10.6. The lowest BCUT2D eigenvalue weighted by atomic mass is 10.1. The maximum atomic E-state index is 12.4. The molecule has 0 aliphatic heterocycles. The Morgan fingerprint density at radius 1 is 1.04 bits per heavy atom. The number of aryl methyl sites for hydroxylation is 1. The van der Waals surface area contributed by atoms with Crippen LogP contribution in [-0.2, 0) is 4.79 Å². The van der Waals surface area contributed by atoms with Crippen LogP contribution in [0.3, 0.4) is 0 Å². The van der Waals surface area contributed by atoms with Gasteiger partial charge in [-0.25, -0.2) is 0 Å². The van der Waals surface area contributed by atoms with Crippen molar-refractivity contribution in [2.45, 2.75) is 19.9 Å². The molecule has 0 bridgehead atoms. The fraction of sp³-hybridized carbons (Fsp3) is 0.278. The average Bonchev–Trinajstić information content (AvgIpc) is 2.58. The van der Waals surface area contributed by atoms with Crippen LogP contribution in [0.4, 0.5) is 11.4 Å². The van der Waals surface area contributed by atoms with Crippen molar-refractivity contribution in [3.8, 4) is 11.5 Å². The zero-order valence-electron chi connectivity index (χ0n) is 14.4. The van der Waals surface area contributed by atoms with Gasteiger partial charge in [0.15, 0.2) is 11.5 Å². The number of halogens is 2. The summed E-state index contributed by atoms with van der Waals surface area (Å²) in [6.07, 6.45) is 0. The van der Waals surface area contributed by atoms with Crippen LogP contribution in [0, 0.1) is 6.92 Å². The topological polar surface area (TPSA) is 59.6 Å². The highest BCUT2D eigenvalue weighted by atomic mass is 35.5. The predicted molar refractivity (Wildman–Crippen MR) is 102 cm³/mol. The molecule has 7 heteroatoms. The Labute approximate surface area is 157 Å². The molecule has 0 aliphatic carbocycles. The van der Waals surface area contributed by atoms with Crippen molar-refractivity contribution in [3.05, 3.63) is 45.9 Å². The number of carbonyl (C=O) groups excluding carboxylic acids is 1. The summed E-state index contributed by atoms with van der Waals surface area (Å²) in [5.41, 5.74) is 2.22. The number of carbonyl (C=O) groups is 1. The van der Waals surface area contributed by atoms with Gasteiger partial charge in [-0.2, -0.15) is 0 Å². The molecular formula is C18H20Cl2N2O3. The minimum absolute atomic E-state index is 0.224. The number of rotatable bonds is 6. The van der Waals surface area contributed by atoms with Crippen LogP contribution in [0.15, 0.2) is 30.3 Å². The van der Waals surface area contributed by atoms with Gasteiger partial charge in [0.2, 0.25) is 5.91 Å². The third kappa shape index (κ3) is 4.71. The minimum atomic E-state index is -0.497. The molecule has 0 spiro atoms. The predicted octanol–water partition coefficient (Wildman–Crippen LogP) is 4.76. The smallest absolute Gasteiger partial charge is 0.246 e. The summed E-state index contributed by atoms with van der Waals surface area (Å²) >= 11 is 11.9. The summed E-state index contributed by atoms with van der Waals surface area (Å²) in [5, 5.41) is 6.84. The number of nitrogens with one attached hydrogen (secondary N) is 2. The first-order chi connectivity index (χ1) is 11.8. The number of hydrogen-bond donors (Lipinski definition) is 2. The number of methoxy groups -OCH3 is 2. The van der Waals surface area contributed by atoms with E-state index in [9.17, 15) is 4.79 Å². The molecule has 0 saturated carbocycles. The van der Waals surface area contributed by atoms with E-state index in [-0.39, 0.29) is 5.91 Å². The second kappa shape index (κ2) is 8.32. The summed E-state index contributed by atoms with van der Waals surface area (Å²) in [5.74, 6) is 0.998. The molecule has 1 atom stereocenters. The van der Waals surface area contributed by atoms with Crippen LogP contribution in [0.5, 0.6) is 11.5 Å². The Morgan fingerprint density at radius 3 is 2.28 bits per heavy atom. The molecule has 25 heavy (non-hydrogen) atoms. The zero-order chi connectivity index (χ0) is 18.6. The number of ether oxygens (including phenoxy) is 2. The average molecular weight is 383 g/mol. The molecule has 2 rings (SSSR count). The Balaban J connectivity index is 2.13. The van der Waals surface area contributed by atoms with Crippen molar-refractivity contribution >= 4 is 40.5 Å². The lowest BCUT2D eigenvalue weighted by Gasteiger charge is -2.19. The summed E-state index contributed by atoms with van der Waals surface area (Å²) in [6, 6.07) is 8.06. The first kappa shape index (κ1) is 19.2. The van der Waals surface area contributed by atoms with E-state index in [1.165, 1.54) is 0 Å². The van der Waals surface area contributed by atoms with Gasteiger partial charge in [0.25, 0.3) is 0 Å². The Hall–Kier alpha value is -2.11. The second-order valence-electron chi connectivity index (χ2n) is 5.50. The van der Waals surface area contributed by atoms with Gasteiger partial charge in [0.05, 0.1) is 24.9 Å². The standard InChI is InChI=1S/C18H20Cl2N2O3/c1-10-7-16(24-3)17(25-4)9-15(10)21-11(2)18(23)22-14-6-5-12(19)8-13(14)20/h5-9,11,21H,1-4H3,(H,22,23). The number of amides is 1. The molecule has 0 aromatic heterocycles. The molecule has 0 fully saturated rings. The fourth-order valence-corrected chi connectivity index (χ4v) is 2.72. The van der Waals surface area contributed by atoms with Crippen LogP contribution in [0.25, 0.3) is 0 Å². The van der Waals surface area contributed by atoms with Crippen LogP contribution < -0.4 is 20.1 Å². The van der Waals surface area contributed by atoms with E-state index in [0.29, 0.717) is 27.2 Å². The Morgan fingerprint density at radius 2 is 1.68 bits per heavy atom. The minimum Gasteiger partial charge on any atom is -0.493 e. The van der Waals surface area contributed by atoms with E-state index in [0.717, 1.165) is 11.3 Å². The van der Waals surface area contributed by atoms with Crippen LogP contribution in [0.2, 0.25) is 10.0 Å². The second-order valence-corrected chi connectivity index (χ2v) is 6.35. The largest absolute Gasteiger partial charge is 0.493 e. The van der Waals surface area contributed by atoms with E-state index >= 15 is 0 Å². The molecule has 0 aliphatic rings. The van der Waals surface area contributed by atoms with Crippen LogP contribution >= 0.6 is 23.2 Å². The maximum Gasteiger partial charge on any atom is 0.246 e. The van der Waals surface area contributed by atoms with Gasteiger partial charge in [0.1, 0.15) is 6.04 Å². The fourth-order valence-electron chi connectivity index (χ4n) is 2.27. The summed E-state index contributed by atoms with van der Waals surface area (Å²) in [7, 11) is 3.14. The van der Waals surface area contributed by atoms with E-state index in [1.807, 2.05) is 13.0 Å². The highest BCUT2D eigenvalue weighted by Gasteiger charge is 2.17. The first-order valence-electron chi connectivity index (χ1n) is 7.60. The number of anilines is 2. The van der Waals surface area contributed by atoms with Gasteiger partial charge in [-0.05, 0) is 43.7 Å². The summed E-state index contributed by atoms with van der Waals surface area (Å²) in [6.45, 7) is 3.68. The van der Waals surface area contributed by atoms with E-state index in [1.54, 1.807) is 45.4 Å². The first-order valence-corrected chi connectivity index (χ1v) is 8.36. The van der Waals surface area contributed by atoms with Gasteiger partial charge in [-0.1, -0.05) is 23.2 Å². The maximum absolute atomic E-state index is 12.4. The zero-order valence-corrected chi connectivity index (χ0v) is 16.0. The molecule has 134 valence electrons. The number of benzene rings is 2.